The second kappa shape index (κ2) is 6.10. The molecule has 0 saturated carbocycles. The van der Waals surface area contributed by atoms with Crippen LogP contribution in [-0.2, 0) is 9.53 Å². The third-order valence-electron chi connectivity index (χ3n) is 3.96. The molecule has 0 bridgehead atoms. The number of ether oxygens (including phenoxy) is 1. The second-order valence-corrected chi connectivity index (χ2v) is 5.30. The molecule has 0 atom stereocenters. The van der Waals surface area contributed by atoms with Gasteiger partial charge in [-0.1, -0.05) is 48.5 Å². The summed E-state index contributed by atoms with van der Waals surface area (Å²) in [6, 6.07) is 16.7. The maximum atomic E-state index is 11.7. The molecular weight excluding hydrogens is 262 g/mol. The van der Waals surface area contributed by atoms with Crippen molar-refractivity contribution in [3.05, 3.63) is 59.7 Å². The van der Waals surface area contributed by atoms with Crippen molar-refractivity contribution in [3.8, 4) is 11.1 Å². The first-order valence-corrected chi connectivity index (χ1v) is 7.35. The van der Waals surface area contributed by atoms with E-state index < -0.39 is 0 Å². The Morgan fingerprint density at radius 2 is 1.57 bits per heavy atom. The number of fused-ring (bicyclic) bond motifs is 3. The topological polar surface area (TPSA) is 52.3 Å². The van der Waals surface area contributed by atoms with Crippen LogP contribution in [0.2, 0.25) is 0 Å². The molecule has 2 aromatic rings. The number of rotatable bonds is 5. The van der Waals surface area contributed by atoms with E-state index in [4.69, 9.17) is 10.5 Å². The first-order valence-electron chi connectivity index (χ1n) is 7.35. The molecule has 2 aromatic carbocycles. The van der Waals surface area contributed by atoms with E-state index in [1.54, 1.807) is 0 Å². The van der Waals surface area contributed by atoms with Gasteiger partial charge in [0.1, 0.15) is 6.61 Å². The fourth-order valence-corrected chi connectivity index (χ4v) is 2.93. The van der Waals surface area contributed by atoms with Gasteiger partial charge in [0.15, 0.2) is 0 Å². The maximum Gasteiger partial charge on any atom is 0.305 e. The summed E-state index contributed by atoms with van der Waals surface area (Å²) in [5.41, 5.74) is 10.4. The molecule has 2 N–H and O–H groups in total. The summed E-state index contributed by atoms with van der Waals surface area (Å²) in [5, 5.41) is 0. The predicted octanol–water partition coefficient (Wildman–Crippen LogP) is 3.08. The number of carbonyl (C=O) groups excluding carboxylic acids is 1. The molecule has 3 nitrogen and oxygen atoms in total. The summed E-state index contributed by atoms with van der Waals surface area (Å²) in [6.45, 7) is 0.918. The van der Waals surface area contributed by atoms with Crippen LogP contribution >= 0.6 is 0 Å². The average Bonchev–Trinajstić information content (AvgIpc) is 2.85. The summed E-state index contributed by atoms with van der Waals surface area (Å²) < 4.78 is 5.45. The lowest BCUT2D eigenvalue weighted by atomic mass is 9.98. The minimum atomic E-state index is -0.165. The molecule has 0 saturated heterocycles. The smallest absolute Gasteiger partial charge is 0.305 e. The van der Waals surface area contributed by atoms with Crippen LogP contribution in [0.15, 0.2) is 48.5 Å². The average molecular weight is 281 g/mol. The number of hydrogen-bond donors (Lipinski definition) is 1. The molecule has 0 fully saturated rings. The van der Waals surface area contributed by atoms with Crippen LogP contribution in [0.3, 0.4) is 0 Å². The fourth-order valence-electron chi connectivity index (χ4n) is 2.93. The summed E-state index contributed by atoms with van der Waals surface area (Å²) in [7, 11) is 0. The normalized spacial score (nSPS) is 12.8. The van der Waals surface area contributed by atoms with Crippen molar-refractivity contribution < 1.29 is 9.53 Å². The van der Waals surface area contributed by atoms with Crippen LogP contribution in [0.1, 0.15) is 29.9 Å². The van der Waals surface area contributed by atoms with Crippen LogP contribution < -0.4 is 5.73 Å². The molecule has 108 valence electrons. The highest BCUT2D eigenvalue weighted by Gasteiger charge is 2.28. The summed E-state index contributed by atoms with van der Waals surface area (Å²) in [5.74, 6) is -0.0264. The number of benzene rings is 2. The molecule has 0 spiro atoms. The van der Waals surface area contributed by atoms with E-state index in [1.165, 1.54) is 22.3 Å². The van der Waals surface area contributed by atoms with E-state index in [0.717, 1.165) is 0 Å². The van der Waals surface area contributed by atoms with Crippen molar-refractivity contribution >= 4 is 5.97 Å². The van der Waals surface area contributed by atoms with Gasteiger partial charge in [-0.05, 0) is 35.2 Å². The van der Waals surface area contributed by atoms with Crippen molar-refractivity contribution in [1.29, 1.82) is 0 Å². The third-order valence-corrected chi connectivity index (χ3v) is 3.96. The van der Waals surface area contributed by atoms with Gasteiger partial charge in [-0.3, -0.25) is 4.79 Å². The fraction of sp³-hybridized carbons (Fsp3) is 0.278. The highest BCUT2D eigenvalue weighted by molar-refractivity contribution is 5.79. The molecule has 0 amide bonds. The van der Waals surface area contributed by atoms with Gasteiger partial charge in [0, 0.05) is 12.3 Å². The van der Waals surface area contributed by atoms with Gasteiger partial charge >= 0.3 is 5.97 Å². The summed E-state index contributed by atoms with van der Waals surface area (Å²) >= 11 is 0. The predicted molar refractivity (Wildman–Crippen MR) is 83.0 cm³/mol. The molecule has 21 heavy (non-hydrogen) atoms. The van der Waals surface area contributed by atoms with Gasteiger partial charge in [0.2, 0.25) is 0 Å². The van der Waals surface area contributed by atoms with E-state index in [-0.39, 0.29) is 11.9 Å². The first kappa shape index (κ1) is 13.8. The molecule has 0 aromatic heterocycles. The van der Waals surface area contributed by atoms with Gasteiger partial charge in [-0.25, -0.2) is 0 Å². The molecule has 1 aliphatic carbocycles. The largest absolute Gasteiger partial charge is 0.465 e. The van der Waals surface area contributed by atoms with Crippen LogP contribution in [-0.4, -0.2) is 19.1 Å². The zero-order valence-corrected chi connectivity index (χ0v) is 11.9. The minimum Gasteiger partial charge on any atom is -0.465 e. The van der Waals surface area contributed by atoms with Gasteiger partial charge in [0.25, 0.3) is 0 Å². The molecular formula is C18H19NO2. The minimum absolute atomic E-state index is 0.138. The Morgan fingerprint density at radius 1 is 1.00 bits per heavy atom. The van der Waals surface area contributed by atoms with Crippen LogP contribution in [0.25, 0.3) is 11.1 Å². The lowest BCUT2D eigenvalue weighted by Gasteiger charge is -2.14. The van der Waals surface area contributed by atoms with Crippen molar-refractivity contribution in [2.75, 3.05) is 13.2 Å². The van der Waals surface area contributed by atoms with Crippen molar-refractivity contribution in [2.45, 2.75) is 18.8 Å². The van der Waals surface area contributed by atoms with Gasteiger partial charge in [-0.2, -0.15) is 0 Å². The summed E-state index contributed by atoms with van der Waals surface area (Å²) in [4.78, 5) is 11.7. The van der Waals surface area contributed by atoms with Gasteiger partial charge < -0.3 is 10.5 Å². The Labute approximate surface area is 124 Å². The van der Waals surface area contributed by atoms with Gasteiger partial charge in [0.05, 0.1) is 0 Å². The molecule has 0 aliphatic heterocycles. The zero-order valence-electron chi connectivity index (χ0n) is 11.9. The van der Waals surface area contributed by atoms with Gasteiger partial charge in [-0.15, -0.1) is 0 Å². The second-order valence-electron chi connectivity index (χ2n) is 5.30. The van der Waals surface area contributed by atoms with Crippen LogP contribution in [0.4, 0.5) is 0 Å². The summed E-state index contributed by atoms with van der Waals surface area (Å²) in [6.07, 6.45) is 1.07. The van der Waals surface area contributed by atoms with Crippen LogP contribution in [0.5, 0.6) is 0 Å². The first-order chi connectivity index (χ1) is 10.3. The number of carbonyl (C=O) groups is 1. The highest BCUT2D eigenvalue weighted by Crippen LogP contribution is 2.44. The van der Waals surface area contributed by atoms with E-state index >= 15 is 0 Å². The van der Waals surface area contributed by atoms with E-state index in [9.17, 15) is 4.79 Å². The van der Waals surface area contributed by atoms with E-state index in [1.807, 2.05) is 24.3 Å². The molecule has 0 unspecified atom stereocenters. The number of esters is 1. The molecule has 3 heteroatoms. The Balaban J connectivity index is 1.81. The third kappa shape index (κ3) is 2.69. The van der Waals surface area contributed by atoms with Crippen molar-refractivity contribution in [3.63, 3.8) is 0 Å². The van der Waals surface area contributed by atoms with E-state index in [0.29, 0.717) is 26.0 Å². The lowest BCUT2D eigenvalue weighted by molar-refractivity contribution is -0.144. The van der Waals surface area contributed by atoms with Crippen LogP contribution in [0, 0.1) is 0 Å². The molecule has 3 rings (SSSR count). The number of hydrogen-bond acceptors (Lipinski definition) is 3. The Bertz CT molecular complexity index is 606. The van der Waals surface area contributed by atoms with Crippen molar-refractivity contribution in [1.82, 2.24) is 0 Å². The number of nitrogens with two attached hydrogens (primary N) is 1. The molecule has 1 aliphatic rings. The standard InChI is InChI=1S/C18H19NO2/c19-11-5-10-18(20)21-12-17-15-8-3-1-6-13(15)14-7-2-4-9-16(14)17/h1-4,6-9,17H,5,10-12,19H2. The molecule has 0 heterocycles. The lowest BCUT2D eigenvalue weighted by Crippen LogP contribution is -2.13. The van der Waals surface area contributed by atoms with E-state index in [2.05, 4.69) is 24.3 Å². The highest BCUT2D eigenvalue weighted by atomic mass is 16.5. The quantitative estimate of drug-likeness (QED) is 0.857. The Hall–Kier alpha value is -2.13. The maximum absolute atomic E-state index is 11.7. The van der Waals surface area contributed by atoms with Crippen molar-refractivity contribution in [2.24, 2.45) is 5.73 Å². The Kier molecular flexibility index (Phi) is 4.02. The molecule has 0 radical (unpaired) electrons. The SMILES string of the molecule is NCCCC(=O)OCC1c2ccccc2-c2ccccc21. The Morgan fingerprint density at radius 3 is 2.14 bits per heavy atom. The monoisotopic (exact) mass is 281 g/mol. The zero-order chi connectivity index (χ0) is 14.7.